The number of nitrogens with zero attached hydrogens (tertiary/aromatic N) is 3. The summed E-state index contributed by atoms with van der Waals surface area (Å²) >= 11 is 0. The largest absolute Gasteiger partial charge is 0.496 e. The first-order valence-electron chi connectivity index (χ1n) is 42.4. The number of aromatic nitrogens is 2. The molecule has 8 aromatic carbocycles. The van der Waals surface area contributed by atoms with E-state index in [0.717, 1.165) is 88.2 Å². The number of unbranched alkanes of at least 4 members (excludes halogenated alkanes) is 1. The Hall–Kier alpha value is -7.30. The van der Waals surface area contributed by atoms with Crippen LogP contribution in [0.15, 0.2) is 194 Å². The Balaban J connectivity index is 0.000000613. The molecule has 4 heteroatoms. The summed E-state index contributed by atoms with van der Waals surface area (Å²) in [6.45, 7) is 48.7. The molecule has 1 aromatic heterocycles. The van der Waals surface area contributed by atoms with Crippen LogP contribution in [0, 0.1) is 140 Å². The lowest BCUT2D eigenvalue weighted by atomic mass is 9.62. The van der Waals surface area contributed by atoms with Crippen LogP contribution in [0.25, 0.3) is 32.3 Å². The summed E-state index contributed by atoms with van der Waals surface area (Å²) in [5.41, 5.74) is 14.1. The van der Waals surface area contributed by atoms with Crippen LogP contribution in [-0.4, -0.2) is 31.2 Å². The zero-order chi connectivity index (χ0) is 79.7. The fourth-order valence-electron chi connectivity index (χ4n) is 16.5. The lowest BCUT2D eigenvalue weighted by molar-refractivity contribution is 0.0652. The second kappa shape index (κ2) is 51.2. The quantitative estimate of drug-likeness (QED) is 0.131. The minimum absolute atomic E-state index is 0. The highest BCUT2D eigenvalue weighted by molar-refractivity contribution is 6.10. The predicted molar refractivity (Wildman–Crippen MR) is 488 cm³/mol. The van der Waals surface area contributed by atoms with Crippen LogP contribution in [0.3, 0.4) is 0 Å². The number of hydrogen-bond acceptors (Lipinski definition) is 4. The fourth-order valence-corrected chi connectivity index (χ4v) is 16.5. The number of para-hydroxylation sites is 2. The van der Waals surface area contributed by atoms with Crippen molar-refractivity contribution in [1.82, 2.24) is 9.97 Å². The third-order valence-electron chi connectivity index (χ3n) is 25.0. The van der Waals surface area contributed by atoms with Crippen molar-refractivity contribution in [2.45, 2.75) is 261 Å². The summed E-state index contributed by atoms with van der Waals surface area (Å²) in [6, 6.07) is 54.8. The number of methoxy groups -OCH3 is 1. The van der Waals surface area contributed by atoms with E-state index in [1.54, 1.807) is 38.8 Å². The number of ether oxygens (including phenoxy) is 1. The molecule has 108 heavy (non-hydrogen) atoms. The van der Waals surface area contributed by atoms with E-state index in [9.17, 15) is 0 Å². The van der Waals surface area contributed by atoms with Crippen molar-refractivity contribution in [3.8, 4) is 5.75 Å². The third kappa shape index (κ3) is 31.2. The highest BCUT2D eigenvalue weighted by Crippen LogP contribution is 2.52. The molecule has 0 N–H and O–H groups in total. The molecule has 0 spiro atoms. The van der Waals surface area contributed by atoms with Crippen LogP contribution < -0.4 is 9.64 Å². The molecule has 596 valence electrons. The molecule has 10 atom stereocenters. The van der Waals surface area contributed by atoms with Gasteiger partial charge in [0.05, 0.1) is 18.5 Å². The number of allylic oxidation sites excluding steroid dienone is 4. The average molecular weight is 1470 g/mol. The van der Waals surface area contributed by atoms with Crippen LogP contribution in [-0.2, 0) is 0 Å². The van der Waals surface area contributed by atoms with Gasteiger partial charge in [-0.1, -0.05) is 316 Å². The summed E-state index contributed by atoms with van der Waals surface area (Å²) in [6.07, 6.45) is 36.9. The SMILES string of the molecule is C/C=C\C.CC1C2CCC(C2)C1C.CC1CC=CCC1C.CC1CCCC2CCCC(C)C12.CC1CCCCC1C.CCCC.COc1ccccc1C.Cc1c(C)c2ccccc2c2ccccc12.Cc1cccc2cccc(C)c12.Cc1ccccc1C.Cc1ccccc1N(C)C.Cc1nccnc1C.[HH].[HH].[HH]. The summed E-state index contributed by atoms with van der Waals surface area (Å²) < 4.78 is 5.04. The predicted octanol–water partition coefficient (Wildman–Crippen LogP) is 31.6. The highest BCUT2D eigenvalue weighted by Gasteiger charge is 2.42. The van der Waals surface area contributed by atoms with Crippen molar-refractivity contribution in [3.63, 3.8) is 0 Å². The third-order valence-corrected chi connectivity index (χ3v) is 25.0. The molecule has 2 bridgehead atoms. The number of hydrogen-bond donors (Lipinski definition) is 0. The molecule has 6 aliphatic rings. The molecule has 15 rings (SSSR count). The Kier molecular flexibility index (Phi) is 44.1. The highest BCUT2D eigenvalue weighted by atomic mass is 16.5. The van der Waals surface area contributed by atoms with E-state index in [1.165, 1.54) is 172 Å². The van der Waals surface area contributed by atoms with Crippen molar-refractivity contribution in [1.29, 1.82) is 0 Å². The molecule has 5 saturated carbocycles. The topological polar surface area (TPSA) is 38.2 Å². The lowest BCUT2D eigenvalue weighted by Gasteiger charge is -2.44. The van der Waals surface area contributed by atoms with E-state index in [2.05, 4.69) is 292 Å². The van der Waals surface area contributed by atoms with Gasteiger partial charge in [-0.2, -0.15) is 0 Å². The maximum atomic E-state index is 5.04. The molecule has 10 unspecified atom stereocenters. The van der Waals surface area contributed by atoms with Gasteiger partial charge in [0.1, 0.15) is 5.75 Å². The van der Waals surface area contributed by atoms with Gasteiger partial charge in [0.15, 0.2) is 0 Å². The summed E-state index contributed by atoms with van der Waals surface area (Å²) in [5, 5.41) is 8.22. The molecular formula is C104H159N3O. The summed E-state index contributed by atoms with van der Waals surface area (Å²) in [7, 11) is 5.80. The van der Waals surface area contributed by atoms with Crippen LogP contribution in [0.4, 0.5) is 5.69 Å². The first-order valence-corrected chi connectivity index (χ1v) is 42.4. The number of benzene rings is 8. The van der Waals surface area contributed by atoms with Gasteiger partial charge >= 0.3 is 0 Å². The number of rotatable bonds is 3. The van der Waals surface area contributed by atoms with Crippen LogP contribution in [0.1, 0.15) is 252 Å². The summed E-state index contributed by atoms with van der Waals surface area (Å²) in [4.78, 5) is 10.2. The maximum Gasteiger partial charge on any atom is 0.121 e. The van der Waals surface area contributed by atoms with Crippen LogP contribution in [0.2, 0.25) is 0 Å². The molecule has 4 nitrogen and oxygen atoms in total. The second-order valence-corrected chi connectivity index (χ2v) is 33.1. The molecule has 0 aliphatic heterocycles. The molecule has 0 saturated heterocycles. The molecular weight excluding hydrogens is 1310 g/mol. The van der Waals surface area contributed by atoms with Crippen molar-refractivity contribution in [3.05, 3.63) is 250 Å². The van der Waals surface area contributed by atoms with E-state index < -0.39 is 0 Å². The minimum Gasteiger partial charge on any atom is -0.496 e. The van der Waals surface area contributed by atoms with Crippen molar-refractivity contribution < 1.29 is 9.02 Å². The average Bonchev–Trinajstić information content (AvgIpc) is 1.54. The van der Waals surface area contributed by atoms with Gasteiger partial charge in [0.2, 0.25) is 0 Å². The maximum absolute atomic E-state index is 5.04. The van der Waals surface area contributed by atoms with Crippen molar-refractivity contribution in [2.24, 2.45) is 71.0 Å². The second-order valence-electron chi connectivity index (χ2n) is 33.1. The Labute approximate surface area is 667 Å². The number of fused-ring (bicyclic) bond motifs is 7. The Morgan fingerprint density at radius 3 is 1.06 bits per heavy atom. The lowest BCUT2D eigenvalue weighted by Crippen LogP contribution is -2.34. The standard InChI is InChI=1S/C16H14.C12H22.C12H12.C9H13N.C9H16.C8H10O.C8H16.C8H14.C8H10.C6H8N2.C4H10.C4H8.3H2/c1-11-12(2)14-8-4-6-10-16(14)15-9-5-3-7-13(11)15;2*1-9-5-3-7-11-8-4-6-10(2)12(9)11;1-8-6-4-5-7-9(8)10(2)3;1-6-7(2)9-4-3-8(6)5-9;1-7-5-3-4-6-8(7)9-2;3*1-7-5-3-4-6-8(7)2;1-5-6(2)8-4-3-7-5;2*1-3-4-2;;;/h3-10H,1-2H3;9-12H,3-8H2,1-2H3;3-8H,1-2H3;4-7H,1-3H3;6-9H,3-5H2,1-2H3;3-6H,1-2H3;7-8H,3-6H2,1-2H3;3-4,7-8H,5-6H2,1-2H3;3-6H,1-2H3;3-4H,1-2H3;3-4H2,1-2H3;3-4H,1-2H3;3*1H/b;;;;;;;;;;;4-3-;;;. The van der Waals surface area contributed by atoms with Gasteiger partial charge in [0, 0.05) is 36.5 Å². The monoisotopic (exact) mass is 1470 g/mol. The van der Waals surface area contributed by atoms with Crippen molar-refractivity contribution >= 4 is 38.0 Å². The molecule has 9 aromatic rings. The van der Waals surface area contributed by atoms with E-state index >= 15 is 0 Å². The van der Waals surface area contributed by atoms with Gasteiger partial charge in [-0.15, -0.1) is 0 Å². The van der Waals surface area contributed by atoms with Gasteiger partial charge in [-0.25, -0.2) is 0 Å². The van der Waals surface area contributed by atoms with E-state index in [0.29, 0.717) is 0 Å². The molecule has 0 amide bonds. The van der Waals surface area contributed by atoms with Gasteiger partial charge in [-0.05, 0) is 275 Å². The smallest absolute Gasteiger partial charge is 0.121 e. The molecule has 1 heterocycles. The first kappa shape index (κ1) is 93.1. The fraction of sp³-hybridized carbons (Fsp3) is 0.519. The molecule has 0 radical (unpaired) electrons. The Bertz CT molecular complexity index is 3760. The van der Waals surface area contributed by atoms with E-state index in [1.807, 2.05) is 71.0 Å². The van der Waals surface area contributed by atoms with Gasteiger partial charge < -0.3 is 9.64 Å². The van der Waals surface area contributed by atoms with Crippen molar-refractivity contribution in [2.75, 3.05) is 26.1 Å². The Morgan fingerprint density at radius 2 is 0.759 bits per heavy atom. The first-order chi connectivity index (χ1) is 51.8. The van der Waals surface area contributed by atoms with Gasteiger partial charge in [0.25, 0.3) is 0 Å². The number of aryl methyl sites for hydroxylation is 10. The minimum atomic E-state index is 0. The zero-order valence-electron chi connectivity index (χ0n) is 73.2. The summed E-state index contributed by atoms with van der Waals surface area (Å²) in [5.74, 6) is 13.4. The van der Waals surface area contributed by atoms with E-state index in [-0.39, 0.29) is 4.28 Å². The molecule has 6 aliphatic carbocycles. The number of anilines is 1. The Morgan fingerprint density at radius 1 is 0.389 bits per heavy atom. The normalized spacial score (nSPS) is 22.3. The van der Waals surface area contributed by atoms with Gasteiger partial charge in [-0.3, -0.25) is 9.97 Å². The van der Waals surface area contributed by atoms with Crippen LogP contribution >= 0.6 is 0 Å². The zero-order valence-corrected chi connectivity index (χ0v) is 73.2. The van der Waals surface area contributed by atoms with Crippen LogP contribution in [0.5, 0.6) is 5.75 Å². The van der Waals surface area contributed by atoms with E-state index in [4.69, 9.17) is 4.74 Å². The molecule has 5 fully saturated rings.